The van der Waals surface area contributed by atoms with E-state index in [4.69, 9.17) is 11.6 Å². The second-order valence-electron chi connectivity index (χ2n) is 5.44. The molecule has 4 N–H and O–H groups in total. The second-order valence-corrected chi connectivity index (χ2v) is 5.44. The lowest BCUT2D eigenvalue weighted by atomic mass is 10.00. The molecule has 0 bridgehead atoms. The lowest BCUT2D eigenvalue weighted by molar-refractivity contribution is 0.628. The van der Waals surface area contributed by atoms with Crippen LogP contribution >= 0.6 is 0 Å². The van der Waals surface area contributed by atoms with Gasteiger partial charge in [-0.05, 0) is 54.1 Å². The smallest absolute Gasteiger partial charge is 0.161 e. The van der Waals surface area contributed by atoms with Crippen molar-refractivity contribution in [2.45, 2.75) is 0 Å². The Balaban J connectivity index is 2.11. The molecule has 6 heteroatoms. The van der Waals surface area contributed by atoms with Crippen LogP contribution in [0.3, 0.4) is 0 Å². The molecule has 0 aliphatic carbocycles. The van der Waals surface area contributed by atoms with Crippen molar-refractivity contribution in [2.75, 3.05) is 11.6 Å². The van der Waals surface area contributed by atoms with Gasteiger partial charge in [0.15, 0.2) is 5.65 Å². The highest BCUT2D eigenvalue weighted by Gasteiger charge is 2.20. The summed E-state index contributed by atoms with van der Waals surface area (Å²) in [5.41, 5.74) is 9.78. The summed E-state index contributed by atoms with van der Waals surface area (Å²) in [6, 6.07) is 13.6. The normalized spacial score (nSPS) is 11.0. The van der Waals surface area contributed by atoms with E-state index in [0.717, 1.165) is 27.8 Å². The number of nitrogen functional groups attached to an aromatic ring is 2. The van der Waals surface area contributed by atoms with E-state index in [-0.39, 0.29) is 5.82 Å². The molecule has 4 rings (SSSR count). The first-order valence-corrected chi connectivity index (χ1v) is 7.37. The summed E-state index contributed by atoms with van der Waals surface area (Å²) in [5.74, 6) is 6.39. The van der Waals surface area contributed by atoms with Crippen LogP contribution in [0, 0.1) is 5.82 Å². The molecule has 0 unspecified atom stereocenters. The molecule has 1 aromatic carbocycles. The zero-order valence-corrected chi connectivity index (χ0v) is 12.6. The average molecular weight is 319 g/mol. The largest absolute Gasteiger partial charge is 0.384 e. The van der Waals surface area contributed by atoms with Crippen LogP contribution in [-0.4, -0.2) is 14.6 Å². The van der Waals surface area contributed by atoms with E-state index in [1.54, 1.807) is 30.6 Å². The van der Waals surface area contributed by atoms with Crippen molar-refractivity contribution < 1.29 is 4.39 Å². The van der Waals surface area contributed by atoms with E-state index in [1.165, 1.54) is 16.8 Å². The molecule has 0 saturated heterocycles. The Hall–Kier alpha value is -3.41. The van der Waals surface area contributed by atoms with Gasteiger partial charge in [-0.25, -0.2) is 14.1 Å². The lowest BCUT2D eigenvalue weighted by Gasteiger charge is -2.08. The van der Waals surface area contributed by atoms with E-state index in [9.17, 15) is 4.39 Å². The highest BCUT2D eigenvalue weighted by atomic mass is 19.1. The Kier molecular flexibility index (Phi) is 3.16. The molecule has 0 aliphatic rings. The Morgan fingerprint density at radius 3 is 2.29 bits per heavy atom. The van der Waals surface area contributed by atoms with Crippen LogP contribution in [0.15, 0.2) is 60.9 Å². The molecule has 3 aromatic heterocycles. The number of hydrogen-bond donors (Lipinski definition) is 2. The minimum atomic E-state index is -0.300. The zero-order chi connectivity index (χ0) is 16.7. The van der Waals surface area contributed by atoms with Crippen molar-refractivity contribution in [1.82, 2.24) is 14.6 Å². The highest BCUT2D eigenvalue weighted by Crippen LogP contribution is 2.39. The van der Waals surface area contributed by atoms with Crippen LogP contribution in [0.5, 0.6) is 0 Å². The third kappa shape index (κ3) is 2.16. The monoisotopic (exact) mass is 319 g/mol. The van der Waals surface area contributed by atoms with Crippen LogP contribution in [-0.2, 0) is 0 Å². The molecule has 0 spiro atoms. The predicted molar refractivity (Wildman–Crippen MR) is 92.9 cm³/mol. The fourth-order valence-corrected chi connectivity index (χ4v) is 2.90. The number of rotatable bonds is 2. The van der Waals surface area contributed by atoms with Gasteiger partial charge < -0.3 is 11.6 Å². The number of benzene rings is 1. The lowest BCUT2D eigenvalue weighted by Crippen LogP contribution is -2.10. The van der Waals surface area contributed by atoms with E-state index in [2.05, 4.69) is 9.97 Å². The summed E-state index contributed by atoms with van der Waals surface area (Å²) in [5, 5.41) is 0.872. The molecule has 0 saturated carbocycles. The third-order valence-corrected chi connectivity index (χ3v) is 3.96. The first-order chi connectivity index (χ1) is 11.6. The van der Waals surface area contributed by atoms with Gasteiger partial charge in [-0.3, -0.25) is 4.98 Å². The van der Waals surface area contributed by atoms with Gasteiger partial charge in [-0.1, -0.05) is 0 Å². The molecule has 0 atom stereocenters. The minimum absolute atomic E-state index is 0.300. The van der Waals surface area contributed by atoms with Crippen LogP contribution in [0.4, 0.5) is 10.2 Å². The number of halogens is 1. The Labute approximate surface area is 137 Å². The fourth-order valence-electron chi connectivity index (χ4n) is 2.90. The van der Waals surface area contributed by atoms with Crippen molar-refractivity contribution in [3.63, 3.8) is 0 Å². The summed E-state index contributed by atoms with van der Waals surface area (Å²) < 4.78 is 14.8. The number of nitrogens with zero attached hydrogens (tertiary/aromatic N) is 3. The Morgan fingerprint density at radius 2 is 1.58 bits per heavy atom. The van der Waals surface area contributed by atoms with Gasteiger partial charge in [0.05, 0.1) is 5.69 Å². The summed E-state index contributed by atoms with van der Waals surface area (Å²) in [4.78, 5) is 8.41. The number of pyridine rings is 2. The maximum absolute atomic E-state index is 13.3. The molecular weight excluding hydrogens is 305 g/mol. The summed E-state index contributed by atoms with van der Waals surface area (Å²) in [6.07, 6.45) is 3.43. The van der Waals surface area contributed by atoms with Crippen LogP contribution in [0.1, 0.15) is 0 Å². The maximum Gasteiger partial charge on any atom is 0.161 e. The molecule has 4 aromatic rings. The van der Waals surface area contributed by atoms with E-state index < -0.39 is 0 Å². The topological polar surface area (TPSA) is 82.8 Å². The minimum Gasteiger partial charge on any atom is -0.384 e. The summed E-state index contributed by atoms with van der Waals surface area (Å²) in [7, 11) is 0. The third-order valence-electron chi connectivity index (χ3n) is 3.96. The Bertz CT molecular complexity index is 1020. The molecule has 0 fully saturated rings. The number of hydrogen-bond acceptors (Lipinski definition) is 4. The van der Waals surface area contributed by atoms with E-state index in [0.29, 0.717) is 11.5 Å². The van der Waals surface area contributed by atoms with Crippen molar-refractivity contribution >= 4 is 16.9 Å². The van der Waals surface area contributed by atoms with Crippen molar-refractivity contribution in [1.29, 1.82) is 0 Å². The Morgan fingerprint density at radius 1 is 0.875 bits per heavy atom. The van der Waals surface area contributed by atoms with Gasteiger partial charge in [0.25, 0.3) is 0 Å². The SMILES string of the molecule is Nc1ccc2c(-c3ccncc3)c(-c3ccc(F)cc3)n(N)c2n1. The second kappa shape index (κ2) is 5.34. The molecule has 5 nitrogen and oxygen atoms in total. The maximum atomic E-state index is 13.3. The molecular formula is C18H14FN5. The molecule has 0 radical (unpaired) electrons. The van der Waals surface area contributed by atoms with E-state index in [1.807, 2.05) is 18.2 Å². The quantitative estimate of drug-likeness (QED) is 0.556. The standard InChI is InChI=1S/C18H14FN5/c19-13-3-1-12(2-4-13)17-16(11-7-9-22-10-8-11)14-5-6-15(20)23-18(14)24(17)21/h1-10H,21H2,(H2,20,23). The van der Waals surface area contributed by atoms with Gasteiger partial charge in [0.1, 0.15) is 11.6 Å². The van der Waals surface area contributed by atoms with Crippen LogP contribution in [0.25, 0.3) is 33.4 Å². The summed E-state index contributed by atoms with van der Waals surface area (Å²) >= 11 is 0. The fraction of sp³-hybridized carbons (Fsp3) is 0. The van der Waals surface area contributed by atoms with Crippen molar-refractivity contribution in [2.24, 2.45) is 0 Å². The zero-order valence-electron chi connectivity index (χ0n) is 12.6. The average Bonchev–Trinajstić information content (AvgIpc) is 2.89. The highest BCUT2D eigenvalue weighted by molar-refractivity contribution is 6.03. The van der Waals surface area contributed by atoms with Gasteiger partial charge in [-0.15, -0.1) is 0 Å². The predicted octanol–water partition coefficient (Wildman–Crippen LogP) is 3.20. The molecule has 0 aliphatic heterocycles. The molecule has 3 heterocycles. The van der Waals surface area contributed by atoms with Crippen molar-refractivity contribution in [3.8, 4) is 22.4 Å². The van der Waals surface area contributed by atoms with Gasteiger partial charge in [0, 0.05) is 28.9 Å². The number of nitrogens with two attached hydrogens (primary N) is 2. The van der Waals surface area contributed by atoms with Gasteiger partial charge in [0.2, 0.25) is 0 Å². The molecule has 0 amide bonds. The number of aromatic nitrogens is 3. The van der Waals surface area contributed by atoms with Gasteiger partial charge in [-0.2, -0.15) is 0 Å². The molecule has 118 valence electrons. The molecule has 24 heavy (non-hydrogen) atoms. The van der Waals surface area contributed by atoms with E-state index >= 15 is 0 Å². The number of anilines is 1. The van der Waals surface area contributed by atoms with Crippen molar-refractivity contribution in [3.05, 3.63) is 66.7 Å². The first kappa shape index (κ1) is 14.2. The van der Waals surface area contributed by atoms with Crippen LogP contribution < -0.4 is 11.6 Å². The summed E-state index contributed by atoms with van der Waals surface area (Å²) in [6.45, 7) is 0. The van der Waals surface area contributed by atoms with Gasteiger partial charge >= 0.3 is 0 Å². The number of fused-ring (bicyclic) bond motifs is 1. The van der Waals surface area contributed by atoms with Crippen LogP contribution in [0.2, 0.25) is 0 Å². The first-order valence-electron chi connectivity index (χ1n) is 7.37.